The number of Topliss-reactive ketones (excluding diaryl/α,β-unsaturated/α-hetero) is 2. The van der Waals surface area contributed by atoms with Gasteiger partial charge >= 0.3 is 5.97 Å². The number of ketones is 2. The van der Waals surface area contributed by atoms with Crippen LogP contribution in [0.3, 0.4) is 0 Å². The molecular weight excluding hydrogens is 292 g/mol. The van der Waals surface area contributed by atoms with Gasteiger partial charge in [0, 0.05) is 6.42 Å². The fourth-order valence-electron chi connectivity index (χ4n) is 3.62. The molecule has 23 heavy (non-hydrogen) atoms. The SMILES string of the molecule is CCCCC1CC1CCCCCCCC(=O)C1C(=O)COC1=O. The van der Waals surface area contributed by atoms with E-state index >= 15 is 0 Å². The third kappa shape index (κ3) is 5.74. The van der Waals surface area contributed by atoms with Crippen LogP contribution in [0.1, 0.15) is 77.6 Å². The van der Waals surface area contributed by atoms with Crippen molar-refractivity contribution in [3.05, 3.63) is 0 Å². The first-order valence-electron chi connectivity index (χ1n) is 9.35. The molecule has 0 amide bonds. The lowest BCUT2D eigenvalue weighted by atomic mass is 9.96. The van der Waals surface area contributed by atoms with Crippen LogP contribution in [0, 0.1) is 17.8 Å². The fraction of sp³-hybridized carbons (Fsp3) is 0.842. The number of unbranched alkanes of at least 4 members (excludes halogenated alkanes) is 5. The molecule has 2 fully saturated rings. The van der Waals surface area contributed by atoms with Gasteiger partial charge in [0.05, 0.1) is 0 Å². The van der Waals surface area contributed by atoms with Crippen molar-refractivity contribution >= 4 is 17.5 Å². The maximum Gasteiger partial charge on any atom is 0.324 e. The largest absolute Gasteiger partial charge is 0.457 e. The molecule has 1 heterocycles. The molecule has 2 aliphatic rings. The molecule has 2 rings (SSSR count). The second kappa shape index (κ2) is 9.19. The molecule has 1 saturated carbocycles. The lowest BCUT2D eigenvalue weighted by Crippen LogP contribution is -2.25. The first kappa shape index (κ1) is 18.2. The van der Waals surface area contributed by atoms with Crippen molar-refractivity contribution in [2.45, 2.75) is 77.6 Å². The number of ether oxygens (including phenoxy) is 1. The van der Waals surface area contributed by atoms with Crippen LogP contribution in [0.15, 0.2) is 0 Å². The fourth-order valence-corrected chi connectivity index (χ4v) is 3.62. The summed E-state index contributed by atoms with van der Waals surface area (Å²) >= 11 is 0. The molecule has 3 atom stereocenters. The zero-order valence-corrected chi connectivity index (χ0v) is 14.4. The van der Waals surface area contributed by atoms with Crippen molar-refractivity contribution in [3.8, 4) is 0 Å². The van der Waals surface area contributed by atoms with Gasteiger partial charge in [-0.2, -0.15) is 0 Å². The quantitative estimate of drug-likeness (QED) is 0.311. The highest BCUT2D eigenvalue weighted by Crippen LogP contribution is 2.45. The Labute approximate surface area is 139 Å². The molecule has 3 unspecified atom stereocenters. The predicted molar refractivity (Wildman–Crippen MR) is 87.9 cm³/mol. The van der Waals surface area contributed by atoms with Crippen molar-refractivity contribution in [3.63, 3.8) is 0 Å². The molecule has 0 spiro atoms. The normalized spacial score (nSPS) is 26.4. The summed E-state index contributed by atoms with van der Waals surface area (Å²) in [6.07, 6.45) is 12.7. The smallest absolute Gasteiger partial charge is 0.324 e. The molecule has 1 aliphatic carbocycles. The van der Waals surface area contributed by atoms with E-state index in [0.717, 1.165) is 31.1 Å². The molecule has 1 saturated heterocycles. The topological polar surface area (TPSA) is 60.4 Å². The van der Waals surface area contributed by atoms with E-state index in [4.69, 9.17) is 0 Å². The highest BCUT2D eigenvalue weighted by Gasteiger charge is 2.40. The van der Waals surface area contributed by atoms with Crippen molar-refractivity contribution in [1.82, 2.24) is 0 Å². The van der Waals surface area contributed by atoms with Gasteiger partial charge in [-0.3, -0.25) is 14.4 Å². The van der Waals surface area contributed by atoms with Gasteiger partial charge in [-0.1, -0.05) is 58.3 Å². The van der Waals surface area contributed by atoms with Crippen molar-refractivity contribution in [2.75, 3.05) is 6.61 Å². The maximum absolute atomic E-state index is 11.9. The maximum atomic E-state index is 11.9. The van der Waals surface area contributed by atoms with E-state index in [2.05, 4.69) is 11.7 Å². The number of hydrogen-bond acceptors (Lipinski definition) is 4. The Balaban J connectivity index is 1.43. The Morgan fingerprint density at radius 1 is 1.00 bits per heavy atom. The van der Waals surface area contributed by atoms with Gasteiger partial charge in [-0.15, -0.1) is 0 Å². The average Bonchev–Trinajstić information content (AvgIpc) is 3.19. The van der Waals surface area contributed by atoms with E-state index in [-0.39, 0.29) is 18.2 Å². The number of carbonyl (C=O) groups is 3. The minimum atomic E-state index is -1.12. The standard InChI is InChI=1S/C19H30O4/c1-2-3-9-14-12-15(14)10-7-5-4-6-8-11-16(20)18-17(21)13-23-19(18)22/h14-15,18H,2-13H2,1H3. The Bertz CT molecular complexity index is 413. The molecule has 0 radical (unpaired) electrons. The third-order valence-corrected chi connectivity index (χ3v) is 5.23. The molecule has 4 heteroatoms. The highest BCUT2D eigenvalue weighted by atomic mass is 16.5. The highest BCUT2D eigenvalue weighted by molar-refractivity contribution is 6.20. The lowest BCUT2D eigenvalue weighted by molar-refractivity contribution is -0.144. The van der Waals surface area contributed by atoms with Gasteiger partial charge in [0.15, 0.2) is 24.1 Å². The summed E-state index contributed by atoms with van der Waals surface area (Å²) < 4.78 is 4.61. The van der Waals surface area contributed by atoms with Crippen LogP contribution in [0.25, 0.3) is 0 Å². The molecule has 0 bridgehead atoms. The van der Waals surface area contributed by atoms with Crippen LogP contribution >= 0.6 is 0 Å². The first-order valence-corrected chi connectivity index (χ1v) is 9.35. The van der Waals surface area contributed by atoms with Gasteiger partial charge in [-0.05, 0) is 24.7 Å². The van der Waals surface area contributed by atoms with Crippen LogP contribution in [-0.4, -0.2) is 24.1 Å². The zero-order chi connectivity index (χ0) is 16.7. The van der Waals surface area contributed by atoms with E-state index in [1.165, 1.54) is 44.9 Å². The molecule has 0 N–H and O–H groups in total. The van der Waals surface area contributed by atoms with Gasteiger partial charge in [-0.25, -0.2) is 0 Å². The first-order chi connectivity index (χ1) is 11.1. The summed E-state index contributed by atoms with van der Waals surface area (Å²) in [6.45, 7) is 2.03. The Kier molecular flexibility index (Phi) is 7.25. The van der Waals surface area contributed by atoms with E-state index in [1.807, 2.05) is 0 Å². The molecule has 0 aromatic carbocycles. The summed E-state index contributed by atoms with van der Waals surface area (Å²) in [5.41, 5.74) is 0. The van der Waals surface area contributed by atoms with Gasteiger partial charge in [0.25, 0.3) is 0 Å². The van der Waals surface area contributed by atoms with Crippen LogP contribution in [-0.2, 0) is 19.1 Å². The van der Waals surface area contributed by atoms with Crippen LogP contribution in [0.2, 0.25) is 0 Å². The van der Waals surface area contributed by atoms with E-state index in [9.17, 15) is 14.4 Å². The van der Waals surface area contributed by atoms with Crippen LogP contribution < -0.4 is 0 Å². The second-order valence-electron chi connectivity index (χ2n) is 7.18. The Hall–Kier alpha value is -1.19. The summed E-state index contributed by atoms with van der Waals surface area (Å²) in [5.74, 6) is -0.401. The summed E-state index contributed by atoms with van der Waals surface area (Å²) in [6, 6.07) is 0. The minimum Gasteiger partial charge on any atom is -0.457 e. The monoisotopic (exact) mass is 322 g/mol. The van der Waals surface area contributed by atoms with Gasteiger partial charge < -0.3 is 4.74 Å². The van der Waals surface area contributed by atoms with Crippen molar-refractivity contribution in [2.24, 2.45) is 17.8 Å². The predicted octanol–water partition coefficient (Wildman–Crippen LogP) is 3.85. The summed E-state index contributed by atoms with van der Waals surface area (Å²) in [7, 11) is 0. The third-order valence-electron chi connectivity index (χ3n) is 5.23. The lowest BCUT2D eigenvalue weighted by Gasteiger charge is -2.04. The Morgan fingerprint density at radius 2 is 1.65 bits per heavy atom. The minimum absolute atomic E-state index is 0.227. The molecule has 130 valence electrons. The van der Waals surface area contributed by atoms with E-state index < -0.39 is 11.9 Å². The number of hydrogen-bond donors (Lipinski definition) is 0. The molecule has 4 nitrogen and oxygen atoms in total. The second-order valence-corrected chi connectivity index (χ2v) is 7.18. The van der Waals surface area contributed by atoms with Crippen molar-refractivity contribution in [1.29, 1.82) is 0 Å². The average molecular weight is 322 g/mol. The number of esters is 1. The van der Waals surface area contributed by atoms with Gasteiger partial charge in [0.2, 0.25) is 0 Å². The van der Waals surface area contributed by atoms with Crippen molar-refractivity contribution < 1.29 is 19.1 Å². The molecule has 0 aromatic heterocycles. The zero-order valence-electron chi connectivity index (χ0n) is 14.4. The van der Waals surface area contributed by atoms with Crippen LogP contribution in [0.4, 0.5) is 0 Å². The number of rotatable bonds is 12. The Morgan fingerprint density at radius 3 is 2.30 bits per heavy atom. The number of cyclic esters (lactones) is 1. The summed E-state index contributed by atoms with van der Waals surface area (Å²) in [4.78, 5) is 34.5. The van der Waals surface area contributed by atoms with Gasteiger partial charge in [0.1, 0.15) is 0 Å². The van der Waals surface area contributed by atoms with Crippen LogP contribution in [0.5, 0.6) is 0 Å². The number of carbonyl (C=O) groups excluding carboxylic acids is 3. The molecular formula is C19H30O4. The molecule has 1 aliphatic heterocycles. The van der Waals surface area contributed by atoms with E-state index in [0.29, 0.717) is 6.42 Å². The molecule has 0 aromatic rings. The summed E-state index contributed by atoms with van der Waals surface area (Å²) in [5, 5.41) is 0. The van der Waals surface area contributed by atoms with E-state index in [1.54, 1.807) is 0 Å².